The first-order valence-electron chi connectivity index (χ1n) is 3.61. The second-order valence-corrected chi connectivity index (χ2v) is 3.50. The van der Waals surface area contributed by atoms with Crippen LogP contribution in [0.5, 0.6) is 0 Å². The fourth-order valence-electron chi connectivity index (χ4n) is 1.47. The van der Waals surface area contributed by atoms with E-state index in [1.54, 1.807) is 11.3 Å². The van der Waals surface area contributed by atoms with Crippen molar-refractivity contribution >= 4 is 11.3 Å². The molecule has 0 aliphatic heterocycles. The van der Waals surface area contributed by atoms with Gasteiger partial charge in [-0.1, -0.05) is 0 Å². The fourth-order valence-corrected chi connectivity index (χ4v) is 2.41. The molecule has 0 fully saturated rings. The number of aliphatic hydroxyl groups excluding tert-OH is 1. The predicted molar refractivity (Wildman–Crippen MR) is 42.2 cm³/mol. The quantitative estimate of drug-likeness (QED) is 0.607. The molecule has 0 saturated heterocycles. The molecular formula is C8H10OS. The number of fused-ring (bicyclic) bond motifs is 1. The van der Waals surface area contributed by atoms with E-state index < -0.39 is 0 Å². The third-order valence-corrected chi connectivity index (χ3v) is 2.87. The molecule has 2 heteroatoms. The van der Waals surface area contributed by atoms with Crippen LogP contribution in [0.3, 0.4) is 0 Å². The number of aryl methyl sites for hydroxylation is 1. The highest BCUT2D eigenvalue weighted by molar-refractivity contribution is 7.08. The highest BCUT2D eigenvalue weighted by Crippen LogP contribution is 2.31. The summed E-state index contributed by atoms with van der Waals surface area (Å²) in [4.78, 5) is 0. The molecule has 0 spiro atoms. The fraction of sp³-hybridized carbons (Fsp3) is 0.500. The molecule has 1 heterocycles. The van der Waals surface area contributed by atoms with Gasteiger partial charge < -0.3 is 5.11 Å². The molecule has 54 valence electrons. The van der Waals surface area contributed by atoms with Crippen molar-refractivity contribution in [3.63, 3.8) is 0 Å². The van der Waals surface area contributed by atoms with E-state index >= 15 is 0 Å². The molecule has 10 heavy (non-hydrogen) atoms. The van der Waals surface area contributed by atoms with Crippen LogP contribution in [0, 0.1) is 0 Å². The Hall–Kier alpha value is -0.340. The van der Waals surface area contributed by atoms with Gasteiger partial charge in [0.15, 0.2) is 0 Å². The lowest BCUT2D eigenvalue weighted by Crippen LogP contribution is -2.05. The minimum absolute atomic E-state index is 0.171. The van der Waals surface area contributed by atoms with Gasteiger partial charge >= 0.3 is 0 Å². The molecule has 1 aromatic rings. The number of aliphatic hydroxyl groups is 1. The molecule has 2 rings (SSSR count). The van der Waals surface area contributed by atoms with Gasteiger partial charge in [0.05, 0.1) is 6.10 Å². The highest BCUT2D eigenvalue weighted by Gasteiger charge is 2.17. The Kier molecular flexibility index (Phi) is 1.51. The van der Waals surface area contributed by atoms with Crippen LogP contribution in [0.25, 0.3) is 0 Å². The topological polar surface area (TPSA) is 20.2 Å². The monoisotopic (exact) mass is 154 g/mol. The van der Waals surface area contributed by atoms with Crippen LogP contribution < -0.4 is 0 Å². The summed E-state index contributed by atoms with van der Waals surface area (Å²) in [5, 5.41) is 13.7. The first kappa shape index (κ1) is 6.38. The summed E-state index contributed by atoms with van der Waals surface area (Å²) >= 11 is 1.70. The highest BCUT2D eigenvalue weighted by atomic mass is 32.1. The molecule has 1 aliphatic rings. The number of hydrogen-bond acceptors (Lipinski definition) is 2. The van der Waals surface area contributed by atoms with Gasteiger partial charge in [-0.05, 0) is 41.1 Å². The Bertz CT molecular complexity index is 229. The van der Waals surface area contributed by atoms with E-state index in [1.165, 1.54) is 11.1 Å². The summed E-state index contributed by atoms with van der Waals surface area (Å²) in [5.41, 5.74) is 2.54. The van der Waals surface area contributed by atoms with Crippen molar-refractivity contribution in [2.75, 3.05) is 0 Å². The lowest BCUT2D eigenvalue weighted by atomic mass is 9.93. The van der Waals surface area contributed by atoms with E-state index in [1.807, 2.05) is 0 Å². The molecule has 1 aliphatic carbocycles. The maximum Gasteiger partial charge on any atom is 0.0800 e. The molecule has 0 radical (unpaired) electrons. The molecular weight excluding hydrogens is 144 g/mol. The normalized spacial score (nSPS) is 24.3. The van der Waals surface area contributed by atoms with Crippen LogP contribution in [0.2, 0.25) is 0 Å². The second-order valence-electron chi connectivity index (χ2n) is 2.76. The van der Waals surface area contributed by atoms with Gasteiger partial charge in [-0.25, -0.2) is 0 Å². The Labute approximate surface area is 64.3 Å². The van der Waals surface area contributed by atoms with Crippen molar-refractivity contribution in [3.8, 4) is 0 Å². The first-order valence-corrected chi connectivity index (χ1v) is 4.55. The minimum atomic E-state index is -0.171. The van der Waals surface area contributed by atoms with E-state index in [0.717, 1.165) is 19.3 Å². The molecule has 1 atom stereocenters. The molecule has 0 bridgehead atoms. The van der Waals surface area contributed by atoms with Crippen LogP contribution in [0.4, 0.5) is 0 Å². The Morgan fingerprint density at radius 3 is 3.20 bits per heavy atom. The molecule has 1 nitrogen and oxygen atoms in total. The lowest BCUT2D eigenvalue weighted by Gasteiger charge is -2.16. The van der Waals surface area contributed by atoms with Crippen LogP contribution in [-0.2, 0) is 6.42 Å². The van der Waals surface area contributed by atoms with E-state index in [-0.39, 0.29) is 6.10 Å². The van der Waals surface area contributed by atoms with Crippen molar-refractivity contribution in [3.05, 3.63) is 21.9 Å². The maximum absolute atomic E-state index is 9.46. The zero-order valence-corrected chi connectivity index (χ0v) is 6.53. The average Bonchev–Trinajstić information content (AvgIpc) is 2.36. The summed E-state index contributed by atoms with van der Waals surface area (Å²) < 4.78 is 0. The number of rotatable bonds is 0. The van der Waals surface area contributed by atoms with Crippen molar-refractivity contribution in [1.29, 1.82) is 0 Å². The van der Waals surface area contributed by atoms with Gasteiger partial charge in [0, 0.05) is 0 Å². The number of thiophene rings is 1. The minimum Gasteiger partial charge on any atom is -0.388 e. The summed E-state index contributed by atoms with van der Waals surface area (Å²) in [6.45, 7) is 0. The molecule has 1 N–H and O–H groups in total. The predicted octanol–water partition coefficient (Wildman–Crippen LogP) is 2.12. The van der Waals surface area contributed by atoms with Crippen molar-refractivity contribution in [1.82, 2.24) is 0 Å². The zero-order valence-electron chi connectivity index (χ0n) is 5.71. The lowest BCUT2D eigenvalue weighted by molar-refractivity contribution is 0.157. The van der Waals surface area contributed by atoms with Gasteiger partial charge in [0.2, 0.25) is 0 Å². The van der Waals surface area contributed by atoms with E-state index in [0.29, 0.717) is 0 Å². The third-order valence-electron chi connectivity index (χ3n) is 2.06. The second kappa shape index (κ2) is 2.36. The molecule has 0 aromatic carbocycles. The standard InChI is InChI=1S/C8H10OS/c9-8-3-1-2-6-4-10-5-7(6)8/h4-5,8-9H,1-3H2. The van der Waals surface area contributed by atoms with Gasteiger partial charge in [-0.3, -0.25) is 0 Å². The third kappa shape index (κ3) is 0.879. The Morgan fingerprint density at radius 1 is 1.50 bits per heavy atom. The summed E-state index contributed by atoms with van der Waals surface area (Å²) in [6, 6.07) is 0. The molecule has 0 saturated carbocycles. The van der Waals surface area contributed by atoms with Crippen LogP contribution in [0.15, 0.2) is 10.8 Å². The smallest absolute Gasteiger partial charge is 0.0800 e. The van der Waals surface area contributed by atoms with E-state index in [2.05, 4.69) is 10.8 Å². The van der Waals surface area contributed by atoms with Gasteiger partial charge in [0.25, 0.3) is 0 Å². The van der Waals surface area contributed by atoms with Crippen molar-refractivity contribution in [2.24, 2.45) is 0 Å². The summed E-state index contributed by atoms with van der Waals surface area (Å²) in [6.07, 6.45) is 3.08. The summed E-state index contributed by atoms with van der Waals surface area (Å²) in [7, 11) is 0. The maximum atomic E-state index is 9.46. The Balaban J connectivity index is 2.41. The number of hydrogen-bond donors (Lipinski definition) is 1. The van der Waals surface area contributed by atoms with Crippen molar-refractivity contribution in [2.45, 2.75) is 25.4 Å². The Morgan fingerprint density at radius 2 is 2.40 bits per heavy atom. The van der Waals surface area contributed by atoms with Crippen LogP contribution >= 0.6 is 11.3 Å². The van der Waals surface area contributed by atoms with E-state index in [9.17, 15) is 5.11 Å². The van der Waals surface area contributed by atoms with Gasteiger partial charge in [-0.2, -0.15) is 11.3 Å². The van der Waals surface area contributed by atoms with Crippen LogP contribution in [0.1, 0.15) is 30.1 Å². The largest absolute Gasteiger partial charge is 0.388 e. The average molecular weight is 154 g/mol. The first-order chi connectivity index (χ1) is 4.88. The van der Waals surface area contributed by atoms with E-state index in [4.69, 9.17) is 0 Å². The molecule has 1 aromatic heterocycles. The zero-order chi connectivity index (χ0) is 6.97. The molecule has 0 amide bonds. The molecule has 1 unspecified atom stereocenters. The van der Waals surface area contributed by atoms with Gasteiger partial charge in [0.1, 0.15) is 0 Å². The summed E-state index contributed by atoms with van der Waals surface area (Å²) in [5.74, 6) is 0. The van der Waals surface area contributed by atoms with Gasteiger partial charge in [-0.15, -0.1) is 0 Å². The van der Waals surface area contributed by atoms with Crippen LogP contribution in [-0.4, -0.2) is 5.11 Å². The van der Waals surface area contributed by atoms with Crippen molar-refractivity contribution < 1.29 is 5.11 Å². The SMILES string of the molecule is OC1CCCc2cscc21.